The standard InChI is InChI=1S/C25H27N3O4/c1-25(14-17(29)15-27-22(30)18-6-2-3-7-19(18)23(27)31)20-8-4-5-9-21(20)28(24(25)32)16-10-12-26-13-11-16/h2-9,16-17,26,29H,10-15H2,1H3. The first-order chi connectivity index (χ1) is 15.4. The van der Waals surface area contributed by atoms with E-state index in [1.54, 1.807) is 24.3 Å². The van der Waals surface area contributed by atoms with Crippen LogP contribution >= 0.6 is 0 Å². The van der Waals surface area contributed by atoms with Gasteiger partial charge >= 0.3 is 0 Å². The molecule has 0 aromatic heterocycles. The van der Waals surface area contributed by atoms with Crippen LogP contribution in [0, 0.1) is 0 Å². The molecule has 1 fully saturated rings. The lowest BCUT2D eigenvalue weighted by Crippen LogP contribution is -2.49. The summed E-state index contributed by atoms with van der Waals surface area (Å²) < 4.78 is 0. The fraction of sp³-hybridized carbons (Fsp3) is 0.400. The third-order valence-electron chi connectivity index (χ3n) is 7.04. The number of carbonyl (C=O) groups excluding carboxylic acids is 3. The molecule has 2 aromatic rings. The van der Waals surface area contributed by atoms with Crippen LogP contribution in [0.15, 0.2) is 48.5 Å². The van der Waals surface area contributed by atoms with Crippen LogP contribution in [0.25, 0.3) is 0 Å². The van der Waals surface area contributed by atoms with Gasteiger partial charge in [-0.1, -0.05) is 30.3 Å². The van der Waals surface area contributed by atoms with Gasteiger partial charge in [-0.3, -0.25) is 19.3 Å². The molecule has 3 aliphatic heterocycles. The van der Waals surface area contributed by atoms with E-state index in [1.165, 1.54) is 0 Å². The number of carbonyl (C=O) groups is 3. The molecule has 0 saturated carbocycles. The monoisotopic (exact) mass is 433 g/mol. The minimum atomic E-state index is -1.02. The third-order valence-corrected chi connectivity index (χ3v) is 7.04. The number of rotatable bonds is 5. The summed E-state index contributed by atoms with van der Waals surface area (Å²) in [6.45, 7) is 3.47. The van der Waals surface area contributed by atoms with Crippen molar-refractivity contribution in [3.63, 3.8) is 0 Å². The van der Waals surface area contributed by atoms with Crippen molar-refractivity contribution in [2.45, 2.75) is 43.7 Å². The number of piperidine rings is 1. The first-order valence-electron chi connectivity index (χ1n) is 11.2. The van der Waals surface area contributed by atoms with Gasteiger partial charge < -0.3 is 15.3 Å². The van der Waals surface area contributed by atoms with Gasteiger partial charge in [0.15, 0.2) is 0 Å². The van der Waals surface area contributed by atoms with E-state index in [9.17, 15) is 19.5 Å². The van der Waals surface area contributed by atoms with Crippen molar-refractivity contribution in [3.05, 3.63) is 65.2 Å². The van der Waals surface area contributed by atoms with Gasteiger partial charge in [0, 0.05) is 11.7 Å². The lowest BCUT2D eigenvalue weighted by molar-refractivity contribution is -0.124. The summed E-state index contributed by atoms with van der Waals surface area (Å²) in [4.78, 5) is 42.1. The molecule has 166 valence electrons. The Balaban J connectivity index is 1.38. The van der Waals surface area contributed by atoms with Crippen molar-refractivity contribution >= 4 is 23.4 Å². The van der Waals surface area contributed by atoms with E-state index in [0.717, 1.165) is 42.1 Å². The molecule has 0 bridgehead atoms. The molecule has 1 saturated heterocycles. The van der Waals surface area contributed by atoms with Crippen LogP contribution in [0.3, 0.4) is 0 Å². The Bertz CT molecular complexity index is 1060. The summed E-state index contributed by atoms with van der Waals surface area (Å²) in [5.74, 6) is -0.819. The molecule has 2 N–H and O–H groups in total. The maximum Gasteiger partial charge on any atom is 0.261 e. The Morgan fingerprint density at radius 3 is 2.25 bits per heavy atom. The van der Waals surface area contributed by atoms with E-state index >= 15 is 0 Å². The molecule has 2 aromatic carbocycles. The van der Waals surface area contributed by atoms with Crippen molar-refractivity contribution in [3.8, 4) is 0 Å². The molecule has 7 nitrogen and oxygen atoms in total. The summed E-state index contributed by atoms with van der Waals surface area (Å²) in [6.07, 6.45) is 0.881. The highest BCUT2D eigenvalue weighted by molar-refractivity contribution is 6.21. The fourth-order valence-corrected chi connectivity index (χ4v) is 5.42. The Morgan fingerprint density at radius 1 is 1.00 bits per heavy atom. The van der Waals surface area contributed by atoms with Gasteiger partial charge in [0.05, 0.1) is 29.2 Å². The molecule has 3 aliphatic rings. The number of benzene rings is 2. The highest BCUT2D eigenvalue weighted by Gasteiger charge is 2.50. The predicted octanol–water partition coefficient (Wildman–Crippen LogP) is 2.09. The minimum absolute atomic E-state index is 0.0213. The van der Waals surface area contributed by atoms with E-state index in [2.05, 4.69) is 5.32 Å². The van der Waals surface area contributed by atoms with Crippen LogP contribution < -0.4 is 10.2 Å². The van der Waals surface area contributed by atoms with Gasteiger partial charge in [-0.2, -0.15) is 0 Å². The van der Waals surface area contributed by atoms with E-state index in [1.807, 2.05) is 36.1 Å². The summed E-state index contributed by atoms with van der Waals surface area (Å²) >= 11 is 0. The molecule has 0 spiro atoms. The topological polar surface area (TPSA) is 90.0 Å². The van der Waals surface area contributed by atoms with Crippen LogP contribution in [0.1, 0.15) is 52.5 Å². The molecule has 2 unspecified atom stereocenters. The molecule has 5 rings (SSSR count). The van der Waals surface area contributed by atoms with Crippen molar-refractivity contribution in [1.82, 2.24) is 10.2 Å². The molecule has 3 heterocycles. The van der Waals surface area contributed by atoms with Crippen molar-refractivity contribution in [1.29, 1.82) is 0 Å². The zero-order valence-electron chi connectivity index (χ0n) is 18.1. The number of hydrogen-bond donors (Lipinski definition) is 2. The van der Waals surface area contributed by atoms with Crippen LogP contribution in [0.5, 0.6) is 0 Å². The SMILES string of the molecule is CC1(CC(O)CN2C(=O)c3ccccc3C2=O)C(=O)N(C2CCNCC2)c2ccccc21. The molecular weight excluding hydrogens is 406 g/mol. The van der Waals surface area contributed by atoms with E-state index < -0.39 is 23.3 Å². The fourth-order valence-electron chi connectivity index (χ4n) is 5.42. The average Bonchev–Trinajstić information content (AvgIpc) is 3.18. The second-order valence-electron chi connectivity index (χ2n) is 9.13. The number of β-amino-alcohol motifs (C(OH)–C–C–N with tert-alkyl or cyclic N) is 1. The van der Waals surface area contributed by atoms with E-state index in [4.69, 9.17) is 0 Å². The maximum absolute atomic E-state index is 13.7. The van der Waals surface area contributed by atoms with E-state index in [-0.39, 0.29) is 24.9 Å². The minimum Gasteiger partial charge on any atom is -0.391 e. The summed E-state index contributed by atoms with van der Waals surface area (Å²) in [6, 6.07) is 14.6. The second kappa shape index (κ2) is 7.83. The molecule has 0 radical (unpaired) electrons. The van der Waals surface area contributed by atoms with Gasteiger partial charge in [-0.05, 0) is 63.0 Å². The van der Waals surface area contributed by atoms with Crippen molar-refractivity contribution < 1.29 is 19.5 Å². The highest BCUT2D eigenvalue weighted by atomic mass is 16.3. The Hall–Kier alpha value is -3.03. The normalized spacial score (nSPS) is 24.1. The number of imide groups is 1. The quantitative estimate of drug-likeness (QED) is 0.705. The number of para-hydroxylation sites is 1. The average molecular weight is 434 g/mol. The number of fused-ring (bicyclic) bond motifs is 2. The maximum atomic E-state index is 13.7. The molecule has 32 heavy (non-hydrogen) atoms. The molecule has 3 amide bonds. The lowest BCUT2D eigenvalue weighted by atomic mass is 9.78. The van der Waals surface area contributed by atoms with Crippen LogP contribution in [-0.2, 0) is 10.2 Å². The number of nitrogens with zero attached hydrogens (tertiary/aromatic N) is 2. The van der Waals surface area contributed by atoms with Crippen LogP contribution in [0.2, 0.25) is 0 Å². The number of aliphatic hydroxyl groups is 1. The van der Waals surface area contributed by atoms with Crippen LogP contribution in [-0.4, -0.2) is 59.5 Å². The molecule has 7 heteroatoms. The Kier molecular flexibility index (Phi) is 5.10. The van der Waals surface area contributed by atoms with Crippen molar-refractivity contribution in [2.24, 2.45) is 0 Å². The van der Waals surface area contributed by atoms with Gasteiger partial charge in [0.2, 0.25) is 5.91 Å². The highest BCUT2D eigenvalue weighted by Crippen LogP contribution is 2.46. The zero-order valence-corrected chi connectivity index (χ0v) is 18.1. The van der Waals surface area contributed by atoms with Gasteiger partial charge in [0.1, 0.15) is 0 Å². The smallest absolute Gasteiger partial charge is 0.261 e. The Labute approximate surface area is 187 Å². The number of hydrogen-bond acceptors (Lipinski definition) is 5. The Morgan fingerprint density at radius 2 is 1.59 bits per heavy atom. The number of anilines is 1. The van der Waals surface area contributed by atoms with E-state index in [0.29, 0.717) is 11.1 Å². The van der Waals surface area contributed by atoms with Gasteiger partial charge in [0.25, 0.3) is 11.8 Å². The van der Waals surface area contributed by atoms with Crippen LogP contribution in [0.4, 0.5) is 5.69 Å². The predicted molar refractivity (Wildman–Crippen MR) is 120 cm³/mol. The first-order valence-corrected chi connectivity index (χ1v) is 11.2. The summed E-state index contributed by atoms with van der Waals surface area (Å²) in [7, 11) is 0. The molecular formula is C25H27N3O4. The van der Waals surface area contributed by atoms with Crippen molar-refractivity contribution in [2.75, 3.05) is 24.5 Å². The second-order valence-corrected chi connectivity index (χ2v) is 9.13. The van der Waals surface area contributed by atoms with Gasteiger partial charge in [-0.25, -0.2) is 0 Å². The first kappa shape index (κ1) is 20.8. The lowest BCUT2D eigenvalue weighted by Gasteiger charge is -2.34. The number of aliphatic hydroxyl groups excluding tert-OH is 1. The third kappa shape index (κ3) is 3.15. The summed E-state index contributed by atoms with van der Waals surface area (Å²) in [5.41, 5.74) is 1.59. The number of amides is 3. The molecule has 0 aliphatic carbocycles. The zero-order chi connectivity index (χ0) is 22.5. The number of nitrogens with one attached hydrogen (secondary N) is 1. The largest absolute Gasteiger partial charge is 0.391 e. The molecule has 2 atom stereocenters. The van der Waals surface area contributed by atoms with Gasteiger partial charge in [-0.15, -0.1) is 0 Å². The summed E-state index contributed by atoms with van der Waals surface area (Å²) in [5, 5.41) is 14.3.